The molecule has 3 aromatic carbocycles. The number of nitrogens with two attached hydrogens (primary N) is 1. The molecule has 0 saturated heterocycles. The van der Waals surface area contributed by atoms with E-state index in [1.165, 1.54) is 22.3 Å². The zero-order valence-corrected chi connectivity index (χ0v) is 21.3. The van der Waals surface area contributed by atoms with Crippen molar-refractivity contribution in [3.8, 4) is 11.5 Å². The second-order valence-corrected chi connectivity index (χ2v) is 10.0. The fourth-order valence-corrected chi connectivity index (χ4v) is 5.38. The molecule has 6 nitrogen and oxygen atoms in total. The highest BCUT2D eigenvalue weighted by atomic mass is 16.6. The summed E-state index contributed by atoms with van der Waals surface area (Å²) in [5.74, 6) is 1.50. The number of nitrogens with one attached hydrogen (secondary N) is 2. The number of ether oxygens (including phenoxy) is 2. The van der Waals surface area contributed by atoms with Crippen LogP contribution in [0.3, 0.4) is 0 Å². The molecule has 0 aromatic heterocycles. The summed E-state index contributed by atoms with van der Waals surface area (Å²) in [4.78, 5) is 13.1. The number of carbonyl (C=O) groups excluding carboxylic acids is 1. The smallest absolute Gasteiger partial charge is 0.237 e. The lowest BCUT2D eigenvalue weighted by molar-refractivity contribution is -0.123. The summed E-state index contributed by atoms with van der Waals surface area (Å²) in [6, 6.07) is 16.2. The zero-order valence-electron chi connectivity index (χ0n) is 21.3. The quantitative estimate of drug-likeness (QED) is 0.478. The van der Waals surface area contributed by atoms with Crippen molar-refractivity contribution in [1.82, 2.24) is 5.32 Å². The van der Waals surface area contributed by atoms with Gasteiger partial charge in [-0.1, -0.05) is 35.9 Å². The maximum atomic E-state index is 13.1. The Hall–Kier alpha value is -3.51. The van der Waals surface area contributed by atoms with E-state index in [1.54, 1.807) is 0 Å². The third kappa shape index (κ3) is 5.19. The minimum atomic E-state index is -0.593. The summed E-state index contributed by atoms with van der Waals surface area (Å²) >= 11 is 0. The summed E-state index contributed by atoms with van der Waals surface area (Å²) in [5, 5.41) is 6.70. The first-order valence-corrected chi connectivity index (χ1v) is 12.8. The third-order valence-corrected chi connectivity index (χ3v) is 7.17. The van der Waals surface area contributed by atoms with Crippen LogP contribution in [0.25, 0.3) is 0 Å². The first-order chi connectivity index (χ1) is 17.4. The molecular formula is C30H35N3O3. The van der Waals surface area contributed by atoms with Gasteiger partial charge in [0.1, 0.15) is 13.2 Å². The molecule has 36 heavy (non-hydrogen) atoms. The van der Waals surface area contributed by atoms with E-state index >= 15 is 0 Å². The van der Waals surface area contributed by atoms with Crippen molar-refractivity contribution in [3.63, 3.8) is 0 Å². The molecular weight excluding hydrogens is 450 g/mol. The number of amides is 1. The molecule has 5 rings (SSSR count). The topological polar surface area (TPSA) is 85.6 Å². The van der Waals surface area contributed by atoms with Gasteiger partial charge < -0.3 is 25.8 Å². The van der Waals surface area contributed by atoms with Crippen LogP contribution in [0.5, 0.6) is 11.5 Å². The van der Waals surface area contributed by atoms with Crippen LogP contribution in [-0.4, -0.2) is 31.7 Å². The van der Waals surface area contributed by atoms with E-state index < -0.39 is 6.04 Å². The van der Waals surface area contributed by atoms with Crippen molar-refractivity contribution in [1.29, 1.82) is 0 Å². The first-order valence-electron chi connectivity index (χ1n) is 12.8. The van der Waals surface area contributed by atoms with Gasteiger partial charge in [0.2, 0.25) is 5.91 Å². The maximum absolute atomic E-state index is 13.1. The molecule has 0 radical (unpaired) electrons. The standard InChI is InChI=1S/C30H35N3O3/c1-18-12-19(2)23(20(3)13-18)17-25(31)30(34)33-27-8-9-32-26-6-4-21(15-24(26)27)14-22-5-7-28-29(16-22)36-11-10-35-28/h4-7,12-13,15-16,25,27,32H,8-11,14,17,31H2,1-3H3,(H,33,34)/t25-,27+/m0/s1. The highest BCUT2D eigenvalue weighted by Gasteiger charge is 2.25. The molecule has 0 bridgehead atoms. The van der Waals surface area contributed by atoms with Gasteiger partial charge in [-0.3, -0.25) is 4.79 Å². The van der Waals surface area contributed by atoms with Crippen LogP contribution >= 0.6 is 0 Å². The van der Waals surface area contributed by atoms with Crippen LogP contribution in [0.15, 0.2) is 48.5 Å². The van der Waals surface area contributed by atoms with E-state index in [4.69, 9.17) is 15.2 Å². The Morgan fingerprint density at radius 3 is 2.47 bits per heavy atom. The Kier molecular flexibility index (Phi) is 6.88. The van der Waals surface area contributed by atoms with Crippen molar-refractivity contribution in [2.24, 2.45) is 5.73 Å². The lowest BCUT2D eigenvalue weighted by Gasteiger charge is -2.29. The number of rotatable bonds is 6. The Morgan fingerprint density at radius 2 is 1.69 bits per heavy atom. The van der Waals surface area contributed by atoms with Gasteiger partial charge in [-0.05, 0) is 91.6 Å². The second-order valence-electron chi connectivity index (χ2n) is 10.0. The molecule has 4 N–H and O–H groups in total. The third-order valence-electron chi connectivity index (χ3n) is 7.17. The number of benzene rings is 3. The number of anilines is 1. The van der Waals surface area contributed by atoms with E-state index in [0.717, 1.165) is 53.3 Å². The molecule has 2 heterocycles. The largest absolute Gasteiger partial charge is 0.486 e. The van der Waals surface area contributed by atoms with Crippen LogP contribution < -0.4 is 25.8 Å². The molecule has 1 amide bonds. The Labute approximate surface area is 213 Å². The van der Waals surface area contributed by atoms with Gasteiger partial charge in [0.15, 0.2) is 11.5 Å². The van der Waals surface area contributed by atoms with Crippen molar-refractivity contribution < 1.29 is 14.3 Å². The van der Waals surface area contributed by atoms with Gasteiger partial charge in [-0.2, -0.15) is 0 Å². The molecule has 2 aliphatic rings. The lowest BCUT2D eigenvalue weighted by Crippen LogP contribution is -2.44. The molecule has 0 unspecified atom stereocenters. The summed E-state index contributed by atoms with van der Waals surface area (Å²) in [7, 11) is 0. The van der Waals surface area contributed by atoms with E-state index in [2.05, 4.69) is 73.9 Å². The second kappa shape index (κ2) is 10.2. The van der Waals surface area contributed by atoms with E-state index in [-0.39, 0.29) is 11.9 Å². The Balaban J connectivity index is 1.30. The molecule has 0 aliphatic carbocycles. The van der Waals surface area contributed by atoms with Crippen LogP contribution in [-0.2, 0) is 17.6 Å². The summed E-state index contributed by atoms with van der Waals surface area (Å²) in [5.41, 5.74) is 15.7. The number of hydrogen-bond acceptors (Lipinski definition) is 5. The number of carbonyl (C=O) groups is 1. The number of fused-ring (bicyclic) bond motifs is 2. The van der Waals surface area contributed by atoms with Gasteiger partial charge in [0.25, 0.3) is 0 Å². The average molecular weight is 486 g/mol. The number of aryl methyl sites for hydroxylation is 3. The molecule has 2 aliphatic heterocycles. The zero-order chi connectivity index (χ0) is 25.2. The maximum Gasteiger partial charge on any atom is 0.237 e. The van der Waals surface area contributed by atoms with Gasteiger partial charge in [0.05, 0.1) is 12.1 Å². The van der Waals surface area contributed by atoms with Gasteiger partial charge in [-0.25, -0.2) is 0 Å². The lowest BCUT2D eigenvalue weighted by atomic mass is 9.92. The Morgan fingerprint density at radius 1 is 1.00 bits per heavy atom. The molecule has 6 heteroatoms. The van der Waals surface area contributed by atoms with Crippen molar-refractivity contribution >= 4 is 11.6 Å². The number of hydrogen-bond donors (Lipinski definition) is 3. The molecule has 3 aromatic rings. The monoisotopic (exact) mass is 485 g/mol. The van der Waals surface area contributed by atoms with Gasteiger partial charge >= 0.3 is 0 Å². The average Bonchev–Trinajstić information content (AvgIpc) is 2.86. The fraction of sp³-hybridized carbons (Fsp3) is 0.367. The van der Waals surface area contributed by atoms with Gasteiger partial charge in [-0.15, -0.1) is 0 Å². The van der Waals surface area contributed by atoms with Crippen LogP contribution in [0.2, 0.25) is 0 Å². The van der Waals surface area contributed by atoms with E-state index in [1.807, 2.05) is 6.07 Å². The SMILES string of the molecule is Cc1cc(C)c(C[C@H](N)C(=O)N[C@@H]2CCNc3ccc(Cc4ccc5c(c4)OCCO5)cc32)c(C)c1. The summed E-state index contributed by atoms with van der Waals surface area (Å²) in [6.45, 7) is 8.25. The summed E-state index contributed by atoms with van der Waals surface area (Å²) < 4.78 is 11.4. The van der Waals surface area contributed by atoms with E-state index in [9.17, 15) is 4.79 Å². The predicted molar refractivity (Wildman–Crippen MR) is 143 cm³/mol. The minimum Gasteiger partial charge on any atom is -0.486 e. The minimum absolute atomic E-state index is 0.0692. The van der Waals surface area contributed by atoms with Crippen molar-refractivity contribution in [3.05, 3.63) is 87.5 Å². The highest BCUT2D eigenvalue weighted by Crippen LogP contribution is 2.34. The first kappa shape index (κ1) is 24.2. The Bertz CT molecular complexity index is 1260. The van der Waals surface area contributed by atoms with E-state index in [0.29, 0.717) is 19.6 Å². The van der Waals surface area contributed by atoms with Crippen LogP contribution in [0, 0.1) is 20.8 Å². The van der Waals surface area contributed by atoms with Crippen LogP contribution in [0.1, 0.15) is 51.4 Å². The predicted octanol–water partition coefficient (Wildman–Crippen LogP) is 4.52. The highest BCUT2D eigenvalue weighted by molar-refractivity contribution is 5.82. The molecule has 0 spiro atoms. The molecule has 2 atom stereocenters. The molecule has 0 saturated carbocycles. The fourth-order valence-electron chi connectivity index (χ4n) is 5.38. The van der Waals surface area contributed by atoms with Crippen molar-refractivity contribution in [2.75, 3.05) is 25.1 Å². The molecule has 0 fully saturated rings. The van der Waals surface area contributed by atoms with Crippen LogP contribution in [0.4, 0.5) is 5.69 Å². The molecule has 188 valence electrons. The van der Waals surface area contributed by atoms with Crippen molar-refractivity contribution in [2.45, 2.75) is 52.1 Å². The normalized spacial score (nSPS) is 17.1. The summed E-state index contributed by atoms with van der Waals surface area (Å²) in [6.07, 6.45) is 2.13. The van der Waals surface area contributed by atoms with Gasteiger partial charge in [0, 0.05) is 12.2 Å².